The molecule has 10 heteroatoms. The number of H-pyrrole nitrogens is 1. The Morgan fingerprint density at radius 2 is 1.67 bits per heavy atom. The van der Waals surface area contributed by atoms with E-state index in [0.717, 1.165) is 33.5 Å². The van der Waals surface area contributed by atoms with Crippen LogP contribution in [-0.4, -0.2) is 33.8 Å². The van der Waals surface area contributed by atoms with Crippen molar-refractivity contribution in [3.8, 4) is 5.88 Å². The van der Waals surface area contributed by atoms with Gasteiger partial charge in [-0.1, -0.05) is 79.3 Å². The molecule has 0 fully saturated rings. The quantitative estimate of drug-likeness (QED) is 0.122. The second kappa shape index (κ2) is 11.1. The molecule has 1 spiro atoms. The van der Waals surface area contributed by atoms with Crippen molar-refractivity contribution in [3.05, 3.63) is 130 Å². The number of aromatic nitrogens is 4. The number of rotatable bonds is 7. The van der Waals surface area contributed by atoms with Gasteiger partial charge in [0.2, 0.25) is 11.8 Å². The summed E-state index contributed by atoms with van der Waals surface area (Å²) in [6.45, 7) is 7.71. The Balaban J connectivity index is 1.03. The number of ketones is 1. The molecule has 0 saturated carbocycles. The Kier molecular flexibility index (Phi) is 6.97. The van der Waals surface area contributed by atoms with Crippen LogP contribution in [0.5, 0.6) is 5.88 Å². The molecule has 2 aliphatic rings. The molecule has 1 atom stereocenters. The molecule has 0 aliphatic carbocycles. The molecule has 4 aromatic carbocycles. The number of aromatic amines is 1. The van der Waals surface area contributed by atoms with Crippen LogP contribution in [0.1, 0.15) is 55.7 Å². The molecule has 9 nitrogen and oxygen atoms in total. The number of imidazole rings is 1. The van der Waals surface area contributed by atoms with Gasteiger partial charge < -0.3 is 25.9 Å². The summed E-state index contributed by atoms with van der Waals surface area (Å²) in [5, 5.41) is 2.64. The molecule has 0 saturated heterocycles. The van der Waals surface area contributed by atoms with Gasteiger partial charge in [0.05, 0.1) is 12.9 Å². The van der Waals surface area contributed by atoms with Crippen molar-refractivity contribution < 1.29 is 14.3 Å². The van der Waals surface area contributed by atoms with Gasteiger partial charge in [0.25, 0.3) is 0 Å². The minimum atomic E-state index is -2.08. The number of hydrogen-bond donors (Lipinski definition) is 3. The van der Waals surface area contributed by atoms with Crippen LogP contribution in [0.25, 0.3) is 11.2 Å². The monoisotopic (exact) mass is 652 g/mol. The molecule has 8 rings (SSSR count). The number of hydrogen-bond acceptors (Lipinski definition) is 8. The van der Waals surface area contributed by atoms with Gasteiger partial charge in [-0.15, -0.1) is 0 Å². The van der Waals surface area contributed by atoms with Crippen LogP contribution in [0.2, 0.25) is 13.1 Å². The maximum atomic E-state index is 13.7. The first-order valence-corrected chi connectivity index (χ1v) is 19.1. The highest BCUT2D eigenvalue weighted by molar-refractivity contribution is 7.01. The number of benzene rings is 4. The largest absolute Gasteiger partial charge is 0.471 e. The molecule has 2 aromatic heterocycles. The van der Waals surface area contributed by atoms with Crippen molar-refractivity contribution in [2.75, 3.05) is 11.5 Å². The van der Waals surface area contributed by atoms with E-state index in [1.165, 1.54) is 27.8 Å². The third-order valence-electron chi connectivity index (χ3n) is 9.89. The second-order valence-corrected chi connectivity index (χ2v) is 17.7. The van der Waals surface area contributed by atoms with Gasteiger partial charge in [0.1, 0.15) is 25.8 Å². The number of ether oxygens (including phenoxy) is 2. The predicted octanol–water partition coefficient (Wildman–Crippen LogP) is 5.18. The van der Waals surface area contributed by atoms with Crippen LogP contribution in [-0.2, 0) is 30.0 Å². The summed E-state index contributed by atoms with van der Waals surface area (Å²) < 4.78 is 12.8. The Labute approximate surface area is 279 Å². The van der Waals surface area contributed by atoms with E-state index in [1.54, 1.807) is 0 Å². The van der Waals surface area contributed by atoms with Crippen molar-refractivity contribution >= 4 is 47.0 Å². The minimum absolute atomic E-state index is 0.101. The van der Waals surface area contributed by atoms with E-state index in [-0.39, 0.29) is 11.7 Å². The lowest BCUT2D eigenvalue weighted by Crippen LogP contribution is -2.63. The SMILES string of the molecule is Cc1ccc2c(c1)[Si](C)(C)c1cc(N)ccc1C21OCc2ccc(C(=O)CCc3ccc(COc4nc(N)nc5nc[nH]c45)cc3)cc21. The summed E-state index contributed by atoms with van der Waals surface area (Å²) in [7, 11) is -2.08. The zero-order chi connectivity index (χ0) is 33.2. The number of nitrogens with one attached hydrogen (secondary N) is 1. The number of fused-ring (bicyclic) bond motifs is 7. The number of aryl methyl sites for hydroxylation is 2. The Hall–Kier alpha value is -5.32. The van der Waals surface area contributed by atoms with Gasteiger partial charge in [0.15, 0.2) is 11.4 Å². The van der Waals surface area contributed by atoms with Gasteiger partial charge in [-0.05, 0) is 75.3 Å². The maximum Gasteiger partial charge on any atom is 0.245 e. The zero-order valence-electron chi connectivity index (χ0n) is 27.1. The number of Topliss-reactive ketones (excluding diaryl/α,β-unsaturated/α-hetero) is 1. The summed E-state index contributed by atoms with van der Waals surface area (Å²) in [5.41, 5.74) is 21.7. The molecule has 1 unspecified atom stereocenters. The number of carbonyl (C=O) groups excluding carboxylic acids is 1. The molecule has 0 amide bonds. The third-order valence-corrected chi connectivity index (χ3v) is 13.4. The first kappa shape index (κ1) is 30.0. The molecule has 240 valence electrons. The van der Waals surface area contributed by atoms with Gasteiger partial charge >= 0.3 is 0 Å². The highest BCUT2D eigenvalue weighted by Crippen LogP contribution is 2.49. The standard InChI is InChI=1S/C38H36N6O3Si/c1-22-4-13-28-32(16-22)48(2,3)33-18-27(39)12-14-29(33)38(28)30-17-25(10-11-26(30)20-47-38)31(45)15-9-23-5-7-24(8-6-23)19-46-36-34-35(42-21-41-34)43-37(40)44-36/h4-8,10-14,16-18,21H,9,15,19-20,39H2,1-3H3,(H3,40,41,42,43,44). The molecule has 4 heterocycles. The molecular weight excluding hydrogens is 617 g/mol. The second-order valence-electron chi connectivity index (χ2n) is 13.3. The van der Waals surface area contributed by atoms with Gasteiger partial charge in [-0.2, -0.15) is 9.97 Å². The van der Waals surface area contributed by atoms with Crippen molar-refractivity contribution in [3.63, 3.8) is 0 Å². The highest BCUT2D eigenvalue weighted by atomic mass is 28.3. The highest BCUT2D eigenvalue weighted by Gasteiger charge is 2.52. The Morgan fingerprint density at radius 1 is 0.917 bits per heavy atom. The summed E-state index contributed by atoms with van der Waals surface area (Å²) in [4.78, 5) is 29.1. The molecule has 0 bridgehead atoms. The fraction of sp³-hybridized carbons (Fsp3) is 0.211. The fourth-order valence-electron chi connectivity index (χ4n) is 7.35. The smallest absolute Gasteiger partial charge is 0.245 e. The lowest BCUT2D eigenvalue weighted by atomic mass is 9.78. The first-order chi connectivity index (χ1) is 23.1. The van der Waals surface area contributed by atoms with E-state index in [9.17, 15) is 4.79 Å². The number of carbonyl (C=O) groups is 1. The van der Waals surface area contributed by atoms with Crippen LogP contribution in [0.3, 0.4) is 0 Å². The molecule has 5 N–H and O–H groups in total. The fourth-order valence-corrected chi connectivity index (χ4v) is 10.6. The van der Waals surface area contributed by atoms with E-state index >= 15 is 0 Å². The molecule has 0 radical (unpaired) electrons. The van der Waals surface area contributed by atoms with E-state index in [2.05, 4.69) is 82.4 Å². The minimum Gasteiger partial charge on any atom is -0.471 e. The topological polar surface area (TPSA) is 142 Å². The van der Waals surface area contributed by atoms with Crippen LogP contribution < -0.4 is 26.6 Å². The van der Waals surface area contributed by atoms with Crippen LogP contribution >= 0.6 is 0 Å². The van der Waals surface area contributed by atoms with Gasteiger partial charge in [-0.3, -0.25) is 4.79 Å². The molecule has 48 heavy (non-hydrogen) atoms. The first-order valence-electron chi connectivity index (χ1n) is 16.1. The number of nitrogen functional groups attached to an aromatic ring is 2. The van der Waals surface area contributed by atoms with Gasteiger partial charge in [-0.25, -0.2) is 4.98 Å². The van der Waals surface area contributed by atoms with E-state index in [0.29, 0.717) is 48.7 Å². The summed E-state index contributed by atoms with van der Waals surface area (Å²) >= 11 is 0. The average Bonchev–Trinajstić information content (AvgIpc) is 3.71. The number of nitrogens with zero attached hydrogens (tertiary/aromatic N) is 3. The third kappa shape index (κ3) is 4.79. The van der Waals surface area contributed by atoms with Crippen LogP contribution in [0.4, 0.5) is 11.6 Å². The van der Waals surface area contributed by atoms with Crippen molar-refractivity contribution in [2.24, 2.45) is 0 Å². The summed E-state index contributed by atoms with van der Waals surface area (Å²) in [6.07, 6.45) is 2.55. The lowest BCUT2D eigenvalue weighted by molar-refractivity contribution is 0.0276. The van der Waals surface area contributed by atoms with Crippen molar-refractivity contribution in [1.82, 2.24) is 19.9 Å². The average molecular weight is 653 g/mol. The van der Waals surface area contributed by atoms with Crippen molar-refractivity contribution in [2.45, 2.75) is 51.7 Å². The normalized spacial score (nSPS) is 17.2. The zero-order valence-corrected chi connectivity index (χ0v) is 28.1. The predicted molar refractivity (Wildman–Crippen MR) is 189 cm³/mol. The maximum absolute atomic E-state index is 13.7. The number of anilines is 2. The van der Waals surface area contributed by atoms with Crippen molar-refractivity contribution in [1.29, 1.82) is 0 Å². The summed E-state index contributed by atoms with van der Waals surface area (Å²) in [6, 6.07) is 27.2. The van der Waals surface area contributed by atoms with Gasteiger partial charge in [0, 0.05) is 17.7 Å². The van der Waals surface area contributed by atoms with E-state index in [4.69, 9.17) is 20.9 Å². The molecule has 2 aliphatic heterocycles. The molecular formula is C38H36N6O3Si. The Morgan fingerprint density at radius 3 is 2.48 bits per heavy atom. The van der Waals surface area contributed by atoms with Crippen LogP contribution in [0, 0.1) is 6.92 Å². The Bertz CT molecular complexity index is 2190. The molecule has 6 aromatic rings. The van der Waals surface area contributed by atoms with E-state index < -0.39 is 13.7 Å². The van der Waals surface area contributed by atoms with E-state index in [1.807, 2.05) is 36.4 Å². The summed E-state index contributed by atoms with van der Waals surface area (Å²) in [5.74, 6) is 0.565. The van der Waals surface area contributed by atoms with Crippen LogP contribution in [0.15, 0.2) is 85.2 Å². The number of nitrogens with two attached hydrogens (primary N) is 2. The lowest BCUT2D eigenvalue weighted by Gasteiger charge is -2.44.